The van der Waals surface area contributed by atoms with Gasteiger partial charge in [-0.3, -0.25) is 10.1 Å². The van der Waals surface area contributed by atoms with Gasteiger partial charge in [0, 0.05) is 16.1 Å². The lowest BCUT2D eigenvalue weighted by Crippen LogP contribution is -2.36. The summed E-state index contributed by atoms with van der Waals surface area (Å²) in [4.78, 5) is 10.2. The predicted octanol–water partition coefficient (Wildman–Crippen LogP) is 3.48. The molecule has 2 rings (SSSR count). The van der Waals surface area contributed by atoms with Crippen LogP contribution in [0.1, 0.15) is 37.9 Å². The van der Waals surface area contributed by atoms with Crippen molar-refractivity contribution < 1.29 is 21.9 Å². The second-order valence-corrected chi connectivity index (χ2v) is 12.0. The van der Waals surface area contributed by atoms with Gasteiger partial charge in [0.2, 0.25) is 10.0 Å². The van der Waals surface area contributed by atoms with E-state index in [-0.39, 0.29) is 12.0 Å². The van der Waals surface area contributed by atoms with Crippen LogP contribution >= 0.6 is 15.9 Å². The SMILES string of the molecule is CC(C)(C)[S@](=O)N[C@@H](Cc1cccc(S(N)(=O)=O)c1[N+](=O)[O-])c1cc(F)cc(Br)c1. The number of nitro groups is 1. The van der Waals surface area contributed by atoms with Crippen molar-refractivity contribution in [2.45, 2.75) is 42.9 Å². The zero-order valence-electron chi connectivity index (χ0n) is 16.4. The van der Waals surface area contributed by atoms with E-state index in [0.29, 0.717) is 10.0 Å². The molecule has 0 unspecified atom stereocenters. The second kappa shape index (κ2) is 9.18. The van der Waals surface area contributed by atoms with Crippen LogP contribution in [0.4, 0.5) is 10.1 Å². The lowest BCUT2D eigenvalue weighted by atomic mass is 9.98. The molecular weight excluding hydrogens is 501 g/mol. The fourth-order valence-electron chi connectivity index (χ4n) is 2.70. The number of primary sulfonamides is 1. The van der Waals surface area contributed by atoms with Crippen LogP contribution in [-0.4, -0.2) is 22.3 Å². The predicted molar refractivity (Wildman–Crippen MR) is 116 cm³/mol. The first kappa shape index (κ1) is 24.5. The molecule has 0 amide bonds. The Labute approximate surface area is 185 Å². The van der Waals surface area contributed by atoms with Crippen molar-refractivity contribution >= 4 is 42.6 Å². The average molecular weight is 522 g/mol. The molecule has 0 aliphatic rings. The van der Waals surface area contributed by atoms with Crippen molar-refractivity contribution in [2.24, 2.45) is 5.14 Å². The first-order valence-electron chi connectivity index (χ1n) is 8.63. The van der Waals surface area contributed by atoms with Gasteiger partial charge < -0.3 is 0 Å². The van der Waals surface area contributed by atoms with E-state index in [9.17, 15) is 27.1 Å². The van der Waals surface area contributed by atoms with Gasteiger partial charge in [0.05, 0.1) is 20.7 Å². The lowest BCUT2D eigenvalue weighted by Gasteiger charge is -2.25. The highest BCUT2D eigenvalue weighted by molar-refractivity contribution is 9.10. The maximum Gasteiger partial charge on any atom is 0.292 e. The largest absolute Gasteiger partial charge is 0.292 e. The number of nitro benzene ring substituents is 1. The van der Waals surface area contributed by atoms with Crippen molar-refractivity contribution in [1.29, 1.82) is 0 Å². The van der Waals surface area contributed by atoms with Crippen LogP contribution in [-0.2, 0) is 27.4 Å². The Hall–Kier alpha value is -1.73. The summed E-state index contributed by atoms with van der Waals surface area (Å²) < 4.78 is 53.0. The minimum atomic E-state index is -4.35. The number of nitrogens with zero attached hydrogens (tertiary/aromatic N) is 1. The van der Waals surface area contributed by atoms with Gasteiger partial charge in [0.25, 0.3) is 5.69 Å². The third kappa shape index (κ3) is 6.14. The van der Waals surface area contributed by atoms with Gasteiger partial charge in [-0.2, -0.15) is 0 Å². The third-order valence-corrected chi connectivity index (χ3v) is 7.10. The summed E-state index contributed by atoms with van der Waals surface area (Å²) in [5, 5.41) is 16.8. The summed E-state index contributed by atoms with van der Waals surface area (Å²) in [5.74, 6) is -0.555. The van der Waals surface area contributed by atoms with Crippen LogP contribution in [0.25, 0.3) is 0 Å². The fourth-order valence-corrected chi connectivity index (χ4v) is 4.76. The molecular formula is C18H21BrFN3O5S2. The molecule has 0 aliphatic heterocycles. The van der Waals surface area contributed by atoms with Gasteiger partial charge in [0.1, 0.15) is 5.82 Å². The van der Waals surface area contributed by atoms with Crippen LogP contribution in [0.15, 0.2) is 45.8 Å². The van der Waals surface area contributed by atoms with Crippen LogP contribution in [0.3, 0.4) is 0 Å². The highest BCUT2D eigenvalue weighted by Gasteiger charge is 2.30. The minimum Gasteiger partial charge on any atom is -0.258 e. The first-order valence-corrected chi connectivity index (χ1v) is 12.1. The number of rotatable bonds is 7. The molecule has 164 valence electrons. The van der Waals surface area contributed by atoms with E-state index in [0.717, 1.165) is 6.07 Å². The molecule has 0 aliphatic carbocycles. The number of para-hydroxylation sites is 1. The maximum atomic E-state index is 14.0. The summed E-state index contributed by atoms with van der Waals surface area (Å²) >= 11 is 3.20. The highest BCUT2D eigenvalue weighted by Crippen LogP contribution is 2.32. The van der Waals surface area contributed by atoms with Gasteiger partial charge in [0.15, 0.2) is 4.90 Å². The smallest absolute Gasteiger partial charge is 0.258 e. The normalized spacial score (nSPS) is 14.3. The van der Waals surface area contributed by atoms with Crippen molar-refractivity contribution in [2.75, 3.05) is 0 Å². The summed E-state index contributed by atoms with van der Waals surface area (Å²) in [6, 6.07) is 7.01. The van der Waals surface area contributed by atoms with Gasteiger partial charge >= 0.3 is 0 Å². The number of nitrogens with two attached hydrogens (primary N) is 1. The molecule has 8 nitrogen and oxygen atoms in total. The van der Waals surface area contributed by atoms with Crippen molar-refractivity contribution in [3.05, 3.63) is 67.9 Å². The summed E-state index contributed by atoms with van der Waals surface area (Å²) in [6.45, 7) is 5.20. The zero-order valence-corrected chi connectivity index (χ0v) is 19.6. The summed E-state index contributed by atoms with van der Waals surface area (Å²) in [6.07, 6.45) is -0.128. The van der Waals surface area contributed by atoms with E-state index in [1.807, 2.05) is 0 Å². The summed E-state index contributed by atoms with van der Waals surface area (Å²) in [5.41, 5.74) is -0.228. The number of hydrogen-bond donors (Lipinski definition) is 2. The van der Waals surface area contributed by atoms with Gasteiger partial charge in [-0.1, -0.05) is 28.1 Å². The van der Waals surface area contributed by atoms with Crippen molar-refractivity contribution in [3.63, 3.8) is 0 Å². The first-order chi connectivity index (χ1) is 13.7. The van der Waals surface area contributed by atoms with E-state index in [2.05, 4.69) is 20.7 Å². The number of hydrogen-bond acceptors (Lipinski definition) is 5. The Morgan fingerprint density at radius 2 is 1.93 bits per heavy atom. The molecule has 0 spiro atoms. The van der Waals surface area contributed by atoms with Gasteiger partial charge in [-0.25, -0.2) is 26.9 Å². The van der Waals surface area contributed by atoms with E-state index in [4.69, 9.17) is 5.14 Å². The summed E-state index contributed by atoms with van der Waals surface area (Å²) in [7, 11) is -5.95. The molecule has 0 saturated carbocycles. The monoisotopic (exact) mass is 521 g/mol. The number of nitrogens with one attached hydrogen (secondary N) is 1. The molecule has 2 aromatic rings. The Kier molecular flexibility index (Phi) is 7.51. The standard InChI is InChI=1S/C18H21BrFN3O5S2/c1-18(2,3)29(26)22-15(12-7-13(19)10-14(20)8-12)9-11-5-4-6-16(30(21,27)28)17(11)23(24)25/h4-8,10,15,22H,9H2,1-3H3,(H2,21,27,28)/t15-,29-/m0/s1. The van der Waals surface area contributed by atoms with E-state index >= 15 is 0 Å². The quantitative estimate of drug-likeness (QED) is 0.425. The minimum absolute atomic E-state index is 0.0512. The van der Waals surface area contributed by atoms with Crippen LogP contribution in [0.2, 0.25) is 0 Å². The molecule has 3 N–H and O–H groups in total. The molecule has 2 aromatic carbocycles. The molecule has 0 heterocycles. The number of sulfonamides is 1. The third-order valence-electron chi connectivity index (χ3n) is 4.09. The maximum absolute atomic E-state index is 14.0. The Morgan fingerprint density at radius 1 is 1.30 bits per heavy atom. The van der Waals surface area contributed by atoms with Crippen LogP contribution in [0.5, 0.6) is 0 Å². The van der Waals surface area contributed by atoms with Gasteiger partial charge in [-0.15, -0.1) is 0 Å². The highest BCUT2D eigenvalue weighted by atomic mass is 79.9. The number of benzene rings is 2. The topological polar surface area (TPSA) is 132 Å². The van der Waals surface area contributed by atoms with E-state index in [1.54, 1.807) is 26.8 Å². The molecule has 0 fully saturated rings. The lowest BCUT2D eigenvalue weighted by molar-refractivity contribution is -0.388. The van der Waals surface area contributed by atoms with Crippen molar-refractivity contribution in [3.8, 4) is 0 Å². The molecule has 0 radical (unpaired) electrons. The number of halogens is 2. The van der Waals surface area contributed by atoms with E-state index < -0.39 is 53.1 Å². The molecule has 0 bridgehead atoms. The average Bonchev–Trinajstić information content (AvgIpc) is 2.58. The van der Waals surface area contributed by atoms with E-state index in [1.165, 1.54) is 24.3 Å². The van der Waals surface area contributed by atoms with Crippen molar-refractivity contribution in [1.82, 2.24) is 4.72 Å². The van der Waals surface area contributed by atoms with Crippen LogP contribution < -0.4 is 9.86 Å². The van der Waals surface area contributed by atoms with Crippen LogP contribution in [0, 0.1) is 15.9 Å². The van der Waals surface area contributed by atoms with Gasteiger partial charge in [-0.05, 0) is 57.0 Å². The molecule has 0 aromatic heterocycles. The second-order valence-electron chi connectivity index (χ2n) is 7.52. The molecule has 0 saturated heterocycles. The Balaban J connectivity index is 2.61. The molecule has 2 atom stereocenters. The fraction of sp³-hybridized carbons (Fsp3) is 0.333. The Morgan fingerprint density at radius 3 is 2.43 bits per heavy atom. The zero-order chi connectivity index (χ0) is 22.9. The molecule has 30 heavy (non-hydrogen) atoms. The molecule has 12 heteroatoms. The Bertz CT molecular complexity index is 1080.